The van der Waals surface area contributed by atoms with Crippen molar-refractivity contribution in [3.8, 4) is 0 Å². The molecule has 0 aliphatic carbocycles. The number of ether oxygens (including phenoxy) is 1. The standard InChI is InChI=1S/C17H37N3O5S/c1-15(2,18)13-17(5,16(3,4)19)14(21)25-11-10-20(6,7)9-8-12-26(22,23)24/h8-13,18-19H2,1-7H3/p+1. The molecule has 0 aliphatic heterocycles. The maximum atomic E-state index is 12.7. The van der Waals surface area contributed by atoms with Crippen molar-refractivity contribution in [2.45, 2.75) is 58.5 Å². The lowest BCUT2D eigenvalue weighted by Crippen LogP contribution is -2.58. The van der Waals surface area contributed by atoms with Crippen LogP contribution in [0.5, 0.6) is 0 Å². The van der Waals surface area contributed by atoms with Gasteiger partial charge in [-0.15, -0.1) is 0 Å². The first-order valence-electron chi connectivity index (χ1n) is 8.81. The number of nitrogens with zero attached hydrogens (tertiary/aromatic N) is 1. The van der Waals surface area contributed by atoms with E-state index in [0.717, 1.165) is 0 Å². The van der Waals surface area contributed by atoms with E-state index in [-0.39, 0.29) is 18.3 Å². The van der Waals surface area contributed by atoms with Crippen molar-refractivity contribution >= 4 is 16.1 Å². The van der Waals surface area contributed by atoms with Gasteiger partial charge in [0.15, 0.2) is 0 Å². The summed E-state index contributed by atoms with van der Waals surface area (Å²) in [4.78, 5) is 12.7. The average Bonchev–Trinajstić information content (AvgIpc) is 2.32. The lowest BCUT2D eigenvalue weighted by atomic mass is 9.67. The average molecular weight is 397 g/mol. The third kappa shape index (κ3) is 9.27. The second-order valence-electron chi connectivity index (χ2n) is 9.38. The summed E-state index contributed by atoms with van der Waals surface area (Å²) < 4.78 is 36.4. The number of likely N-dealkylation sites (N-methyl/N-ethyl adjacent to an activating group) is 1. The molecule has 0 saturated carbocycles. The summed E-state index contributed by atoms with van der Waals surface area (Å²) in [5.41, 5.74) is 10.0. The van der Waals surface area contributed by atoms with Crippen LogP contribution in [0.2, 0.25) is 0 Å². The first kappa shape index (κ1) is 25.3. The second-order valence-corrected chi connectivity index (χ2v) is 10.9. The summed E-state index contributed by atoms with van der Waals surface area (Å²) in [5.74, 6) is -0.666. The van der Waals surface area contributed by atoms with E-state index < -0.39 is 26.6 Å². The smallest absolute Gasteiger partial charge is 0.313 e. The van der Waals surface area contributed by atoms with Gasteiger partial charge in [-0.25, -0.2) is 0 Å². The molecule has 1 atom stereocenters. The van der Waals surface area contributed by atoms with Crippen molar-refractivity contribution in [2.75, 3.05) is 39.5 Å². The fourth-order valence-electron chi connectivity index (χ4n) is 2.81. The summed E-state index contributed by atoms with van der Waals surface area (Å²) in [6.45, 7) is 10.3. The van der Waals surface area contributed by atoms with E-state index in [0.29, 0.717) is 30.4 Å². The number of quaternary nitrogens is 1. The maximum Gasteiger partial charge on any atom is 0.313 e. The van der Waals surface area contributed by atoms with Crippen LogP contribution < -0.4 is 11.5 Å². The number of hydrogen-bond donors (Lipinski definition) is 3. The summed E-state index contributed by atoms with van der Waals surface area (Å²) in [5, 5.41) is 0. The van der Waals surface area contributed by atoms with Crippen molar-refractivity contribution in [3.63, 3.8) is 0 Å². The zero-order valence-electron chi connectivity index (χ0n) is 17.3. The molecule has 8 nitrogen and oxygen atoms in total. The monoisotopic (exact) mass is 396 g/mol. The normalized spacial score (nSPS) is 16.2. The molecule has 156 valence electrons. The number of carbonyl (C=O) groups is 1. The van der Waals surface area contributed by atoms with Gasteiger partial charge in [-0.05, 0) is 41.0 Å². The molecule has 0 rings (SSSR count). The van der Waals surface area contributed by atoms with Crippen molar-refractivity contribution < 1.29 is 27.0 Å². The van der Waals surface area contributed by atoms with Crippen molar-refractivity contribution in [1.82, 2.24) is 0 Å². The van der Waals surface area contributed by atoms with Gasteiger partial charge in [0.25, 0.3) is 10.1 Å². The zero-order chi connectivity index (χ0) is 21.0. The van der Waals surface area contributed by atoms with Gasteiger partial charge < -0.3 is 20.7 Å². The van der Waals surface area contributed by atoms with Gasteiger partial charge in [0.1, 0.15) is 13.2 Å². The molecule has 0 aromatic heterocycles. The molecule has 0 aromatic carbocycles. The van der Waals surface area contributed by atoms with Gasteiger partial charge in [0.05, 0.1) is 31.8 Å². The molecule has 0 spiro atoms. The quantitative estimate of drug-likeness (QED) is 0.267. The minimum atomic E-state index is -3.95. The topological polar surface area (TPSA) is 133 Å². The van der Waals surface area contributed by atoms with E-state index in [1.807, 2.05) is 27.9 Å². The van der Waals surface area contributed by atoms with Crippen molar-refractivity contribution in [3.05, 3.63) is 0 Å². The number of hydrogen-bond acceptors (Lipinski definition) is 6. The number of nitrogens with two attached hydrogens (primary N) is 2. The van der Waals surface area contributed by atoms with E-state index in [1.165, 1.54) is 0 Å². The van der Waals surface area contributed by atoms with Crippen LogP contribution in [-0.2, 0) is 19.6 Å². The highest BCUT2D eigenvalue weighted by molar-refractivity contribution is 7.85. The summed E-state index contributed by atoms with van der Waals surface area (Å²) >= 11 is 0. The largest absolute Gasteiger partial charge is 0.459 e. The first-order chi connectivity index (χ1) is 11.3. The third-order valence-corrected chi connectivity index (χ3v) is 5.58. The van der Waals surface area contributed by atoms with E-state index in [2.05, 4.69) is 0 Å². The summed E-state index contributed by atoms with van der Waals surface area (Å²) in [6, 6.07) is 0. The first-order valence-corrected chi connectivity index (χ1v) is 10.4. The Bertz CT molecular complexity index is 576. The number of rotatable bonds is 11. The van der Waals surface area contributed by atoms with Gasteiger partial charge in [0, 0.05) is 17.5 Å². The van der Waals surface area contributed by atoms with Crippen LogP contribution in [0, 0.1) is 5.41 Å². The lowest BCUT2D eigenvalue weighted by Gasteiger charge is -2.43. The van der Waals surface area contributed by atoms with E-state index in [4.69, 9.17) is 20.8 Å². The predicted molar refractivity (Wildman–Crippen MR) is 103 cm³/mol. The molecular formula is C17H38N3O5S+. The van der Waals surface area contributed by atoms with E-state index in [1.54, 1.807) is 20.8 Å². The van der Waals surface area contributed by atoms with Gasteiger partial charge in [-0.2, -0.15) is 8.42 Å². The molecule has 1 unspecified atom stereocenters. The maximum absolute atomic E-state index is 12.7. The molecular weight excluding hydrogens is 358 g/mol. The molecule has 0 amide bonds. The minimum absolute atomic E-state index is 0.189. The van der Waals surface area contributed by atoms with Crippen LogP contribution in [-0.4, -0.2) is 74.0 Å². The Labute approximate surface area is 158 Å². The Morgan fingerprint density at radius 2 is 1.58 bits per heavy atom. The van der Waals surface area contributed by atoms with Crippen LogP contribution >= 0.6 is 0 Å². The van der Waals surface area contributed by atoms with E-state index >= 15 is 0 Å². The van der Waals surface area contributed by atoms with Crippen LogP contribution in [0.1, 0.15) is 47.5 Å². The highest BCUT2D eigenvalue weighted by atomic mass is 32.2. The Morgan fingerprint density at radius 1 is 1.08 bits per heavy atom. The van der Waals surface area contributed by atoms with Crippen molar-refractivity contribution in [1.29, 1.82) is 0 Å². The molecule has 0 bridgehead atoms. The Hall–Kier alpha value is -0.740. The molecule has 26 heavy (non-hydrogen) atoms. The molecule has 5 N–H and O–H groups in total. The molecule has 0 aromatic rings. The van der Waals surface area contributed by atoms with Gasteiger partial charge in [-0.1, -0.05) is 0 Å². The molecule has 0 saturated heterocycles. The van der Waals surface area contributed by atoms with Gasteiger partial charge >= 0.3 is 5.97 Å². The van der Waals surface area contributed by atoms with E-state index in [9.17, 15) is 13.2 Å². The third-order valence-electron chi connectivity index (χ3n) is 4.78. The predicted octanol–water partition coefficient (Wildman–Crippen LogP) is 0.755. The van der Waals surface area contributed by atoms with Gasteiger partial charge in [-0.3, -0.25) is 9.35 Å². The molecule has 0 heterocycles. The van der Waals surface area contributed by atoms with Crippen LogP contribution in [0.25, 0.3) is 0 Å². The summed E-state index contributed by atoms with van der Waals surface area (Å²) in [7, 11) is -0.135. The fraction of sp³-hybridized carbons (Fsp3) is 0.941. The Kier molecular flexibility index (Phi) is 8.27. The van der Waals surface area contributed by atoms with Crippen molar-refractivity contribution in [2.24, 2.45) is 16.9 Å². The zero-order valence-corrected chi connectivity index (χ0v) is 18.1. The van der Waals surface area contributed by atoms with Crippen LogP contribution in [0.3, 0.4) is 0 Å². The molecule has 0 radical (unpaired) electrons. The minimum Gasteiger partial charge on any atom is -0.459 e. The highest BCUT2D eigenvalue weighted by Crippen LogP contribution is 2.37. The van der Waals surface area contributed by atoms with Crippen LogP contribution in [0.4, 0.5) is 0 Å². The number of esters is 1. The van der Waals surface area contributed by atoms with Gasteiger partial charge in [0.2, 0.25) is 0 Å². The fourth-order valence-corrected chi connectivity index (χ4v) is 3.30. The highest BCUT2D eigenvalue weighted by Gasteiger charge is 2.48. The number of carbonyl (C=O) groups excluding carboxylic acids is 1. The lowest BCUT2D eigenvalue weighted by molar-refractivity contribution is -0.890. The Balaban J connectivity index is 4.78. The van der Waals surface area contributed by atoms with Crippen LogP contribution in [0.15, 0.2) is 0 Å². The second kappa shape index (κ2) is 8.52. The molecule has 9 heteroatoms. The SMILES string of the molecule is CC(C)(N)CC(C)(C(=O)OCC[N+](C)(C)CCCS(=O)(=O)O)C(C)(C)N. The summed E-state index contributed by atoms with van der Waals surface area (Å²) in [6.07, 6.45) is 0.712. The molecule has 0 aliphatic rings. The Morgan fingerprint density at radius 3 is 1.96 bits per heavy atom. The molecule has 0 fully saturated rings.